The van der Waals surface area contributed by atoms with E-state index >= 15 is 0 Å². The summed E-state index contributed by atoms with van der Waals surface area (Å²) in [5.74, 6) is 0.502. The van der Waals surface area contributed by atoms with Crippen LogP contribution in [0, 0.1) is 0 Å². The number of thioether (sulfide) groups is 1. The molecule has 28 heavy (non-hydrogen) atoms. The Morgan fingerprint density at radius 2 is 2.00 bits per heavy atom. The number of benzene rings is 2. The number of rotatable bonds is 6. The molecule has 2 N–H and O–H groups in total. The number of aromatic nitrogens is 3. The molecule has 2 aromatic carbocycles. The Kier molecular flexibility index (Phi) is 5.36. The predicted octanol–water partition coefficient (Wildman–Crippen LogP) is 4.84. The van der Waals surface area contributed by atoms with Crippen LogP contribution in [0.4, 0.5) is 0 Å². The number of nitrogens with zero attached hydrogens (tertiary/aromatic N) is 2. The number of H-pyrrole nitrogens is 1. The first kappa shape index (κ1) is 18.6. The summed E-state index contributed by atoms with van der Waals surface area (Å²) in [6, 6.07) is 15.2. The van der Waals surface area contributed by atoms with E-state index in [9.17, 15) is 4.79 Å². The van der Waals surface area contributed by atoms with E-state index < -0.39 is 0 Å². The molecular formula is C20H17ClN4O2S. The molecule has 0 unspecified atom stereocenters. The minimum atomic E-state index is -0.116. The topological polar surface area (TPSA) is 83.8 Å². The highest BCUT2D eigenvalue weighted by atomic mass is 35.5. The van der Waals surface area contributed by atoms with Crippen molar-refractivity contribution in [2.75, 3.05) is 5.75 Å². The molecule has 0 fully saturated rings. The molecule has 0 aliphatic carbocycles. The third-order valence-corrected chi connectivity index (χ3v) is 5.37. The second-order valence-electron chi connectivity index (χ2n) is 6.25. The number of fused-ring (bicyclic) bond motifs is 1. The van der Waals surface area contributed by atoms with E-state index in [1.807, 2.05) is 49.5 Å². The maximum atomic E-state index is 12.2. The summed E-state index contributed by atoms with van der Waals surface area (Å²) in [4.78, 5) is 15.4. The number of amides is 1. The lowest BCUT2D eigenvalue weighted by atomic mass is 10.1. The lowest BCUT2D eigenvalue weighted by Gasteiger charge is -2.13. The van der Waals surface area contributed by atoms with E-state index in [1.165, 1.54) is 11.8 Å². The molecule has 0 spiro atoms. The summed E-state index contributed by atoms with van der Waals surface area (Å²) in [5.41, 5.74) is 2.83. The summed E-state index contributed by atoms with van der Waals surface area (Å²) < 4.78 is 5.72. The van der Waals surface area contributed by atoms with Crippen molar-refractivity contribution < 1.29 is 9.21 Å². The van der Waals surface area contributed by atoms with Gasteiger partial charge in [-0.3, -0.25) is 4.79 Å². The lowest BCUT2D eigenvalue weighted by molar-refractivity contribution is -0.119. The van der Waals surface area contributed by atoms with E-state index in [0.29, 0.717) is 16.1 Å². The zero-order valence-electron chi connectivity index (χ0n) is 15.0. The summed E-state index contributed by atoms with van der Waals surface area (Å²) in [6.45, 7) is 1.92. The Hall–Kier alpha value is -2.77. The number of hydrogen-bond acceptors (Lipinski definition) is 5. The van der Waals surface area contributed by atoms with E-state index in [0.717, 1.165) is 22.0 Å². The highest BCUT2D eigenvalue weighted by Crippen LogP contribution is 2.29. The van der Waals surface area contributed by atoms with Crippen LogP contribution in [-0.4, -0.2) is 26.8 Å². The Labute approximate surface area is 170 Å². The van der Waals surface area contributed by atoms with Crippen LogP contribution in [0.25, 0.3) is 22.4 Å². The minimum absolute atomic E-state index is 0.112. The van der Waals surface area contributed by atoms with Crippen LogP contribution < -0.4 is 5.32 Å². The average molecular weight is 413 g/mol. The maximum Gasteiger partial charge on any atom is 0.277 e. The first-order valence-electron chi connectivity index (χ1n) is 8.68. The molecule has 0 aliphatic heterocycles. The van der Waals surface area contributed by atoms with Crippen molar-refractivity contribution >= 4 is 40.2 Å². The Morgan fingerprint density at radius 1 is 1.21 bits per heavy atom. The van der Waals surface area contributed by atoms with Gasteiger partial charge in [-0.25, -0.2) is 0 Å². The van der Waals surface area contributed by atoms with Crippen molar-refractivity contribution in [2.45, 2.75) is 18.2 Å². The highest BCUT2D eigenvalue weighted by Gasteiger charge is 2.15. The Morgan fingerprint density at radius 3 is 2.82 bits per heavy atom. The molecule has 0 aliphatic rings. The van der Waals surface area contributed by atoms with Gasteiger partial charge in [-0.15, -0.1) is 10.2 Å². The van der Waals surface area contributed by atoms with E-state index in [2.05, 4.69) is 20.5 Å². The zero-order chi connectivity index (χ0) is 19.5. The van der Waals surface area contributed by atoms with Gasteiger partial charge in [0.15, 0.2) is 0 Å². The fraction of sp³-hybridized carbons (Fsp3) is 0.150. The van der Waals surface area contributed by atoms with Crippen molar-refractivity contribution in [1.29, 1.82) is 0 Å². The molecule has 0 radical (unpaired) electrons. The standard InChI is InChI=1S/C20H17ClN4O2S/c1-12(13-6-8-14(21)9-7-13)23-18(26)11-28-20-25-24-19(27-20)16-10-22-17-5-3-2-4-15(16)17/h2-10,12,22H,11H2,1H3,(H,23,26)/t12-/m1/s1. The summed E-state index contributed by atoms with van der Waals surface area (Å²) in [5, 5.41) is 13.1. The fourth-order valence-electron chi connectivity index (χ4n) is 2.87. The fourth-order valence-corrected chi connectivity index (χ4v) is 3.57. The molecule has 0 saturated heterocycles. The van der Waals surface area contributed by atoms with Crippen LogP contribution in [-0.2, 0) is 4.79 Å². The van der Waals surface area contributed by atoms with Crippen LogP contribution in [0.2, 0.25) is 5.02 Å². The van der Waals surface area contributed by atoms with Crippen LogP contribution in [0.5, 0.6) is 0 Å². The maximum absolute atomic E-state index is 12.2. The quantitative estimate of drug-likeness (QED) is 0.442. The number of aromatic amines is 1. The highest BCUT2D eigenvalue weighted by molar-refractivity contribution is 7.99. The first-order chi connectivity index (χ1) is 13.6. The summed E-state index contributed by atoms with van der Waals surface area (Å²) in [6.07, 6.45) is 1.84. The van der Waals surface area contributed by atoms with Crippen LogP contribution in [0.1, 0.15) is 18.5 Å². The third kappa shape index (κ3) is 4.05. The monoisotopic (exact) mass is 412 g/mol. The largest absolute Gasteiger partial charge is 0.411 e. The SMILES string of the molecule is C[C@@H](NC(=O)CSc1nnc(-c2c[nH]c3ccccc23)o1)c1ccc(Cl)cc1. The smallest absolute Gasteiger partial charge is 0.277 e. The molecule has 2 heterocycles. The average Bonchev–Trinajstić information content (AvgIpc) is 3.33. The second kappa shape index (κ2) is 8.08. The van der Waals surface area contributed by atoms with Gasteiger partial charge in [0, 0.05) is 22.1 Å². The molecule has 8 heteroatoms. The van der Waals surface area contributed by atoms with Crippen molar-refractivity contribution in [2.24, 2.45) is 0 Å². The molecule has 2 aromatic heterocycles. The number of carbonyl (C=O) groups is 1. The number of hydrogen-bond donors (Lipinski definition) is 2. The molecule has 0 bridgehead atoms. The van der Waals surface area contributed by atoms with Gasteiger partial charge >= 0.3 is 0 Å². The summed E-state index contributed by atoms with van der Waals surface area (Å²) in [7, 11) is 0. The van der Waals surface area contributed by atoms with Crippen molar-refractivity contribution in [3.63, 3.8) is 0 Å². The van der Waals surface area contributed by atoms with Gasteiger partial charge in [0.2, 0.25) is 5.91 Å². The molecule has 1 atom stereocenters. The first-order valence-corrected chi connectivity index (χ1v) is 10.0. The van der Waals surface area contributed by atoms with E-state index in [1.54, 1.807) is 12.1 Å². The number of nitrogens with one attached hydrogen (secondary N) is 2. The molecule has 4 rings (SSSR count). The van der Waals surface area contributed by atoms with Crippen molar-refractivity contribution in [3.8, 4) is 11.5 Å². The number of halogens is 1. The van der Waals surface area contributed by atoms with Gasteiger partial charge in [0.1, 0.15) is 0 Å². The minimum Gasteiger partial charge on any atom is -0.411 e. The lowest BCUT2D eigenvalue weighted by Crippen LogP contribution is -2.28. The predicted molar refractivity (Wildman–Crippen MR) is 110 cm³/mol. The van der Waals surface area contributed by atoms with Gasteiger partial charge in [-0.2, -0.15) is 0 Å². The molecular weight excluding hydrogens is 396 g/mol. The van der Waals surface area contributed by atoms with Crippen LogP contribution in [0.15, 0.2) is 64.4 Å². The number of carbonyl (C=O) groups excluding carboxylic acids is 1. The summed E-state index contributed by atoms with van der Waals surface area (Å²) >= 11 is 7.10. The number of para-hydroxylation sites is 1. The molecule has 142 valence electrons. The van der Waals surface area contributed by atoms with Crippen molar-refractivity contribution in [1.82, 2.24) is 20.5 Å². The Bertz CT molecular complexity index is 1110. The van der Waals surface area contributed by atoms with Gasteiger partial charge in [0.25, 0.3) is 11.1 Å². The van der Waals surface area contributed by atoms with Crippen LogP contribution >= 0.6 is 23.4 Å². The molecule has 4 aromatic rings. The van der Waals surface area contributed by atoms with Crippen molar-refractivity contribution in [3.05, 3.63) is 65.3 Å². The van der Waals surface area contributed by atoms with E-state index in [4.69, 9.17) is 16.0 Å². The van der Waals surface area contributed by atoms with Gasteiger partial charge in [-0.05, 0) is 30.7 Å². The van der Waals surface area contributed by atoms with Gasteiger partial charge < -0.3 is 14.7 Å². The second-order valence-corrected chi connectivity index (χ2v) is 7.61. The van der Waals surface area contributed by atoms with Gasteiger partial charge in [-0.1, -0.05) is 53.7 Å². The van der Waals surface area contributed by atoms with Crippen LogP contribution in [0.3, 0.4) is 0 Å². The van der Waals surface area contributed by atoms with E-state index in [-0.39, 0.29) is 17.7 Å². The molecule has 1 amide bonds. The normalized spacial score (nSPS) is 12.2. The van der Waals surface area contributed by atoms with Gasteiger partial charge in [0.05, 0.1) is 17.4 Å². The molecule has 0 saturated carbocycles. The third-order valence-electron chi connectivity index (χ3n) is 4.30. The molecule has 6 nitrogen and oxygen atoms in total. The zero-order valence-corrected chi connectivity index (χ0v) is 16.6. The Balaban J connectivity index is 1.36.